The van der Waals surface area contributed by atoms with Gasteiger partial charge >= 0.3 is 5.97 Å². The van der Waals surface area contributed by atoms with Crippen LogP contribution in [0.1, 0.15) is 22.3 Å². The van der Waals surface area contributed by atoms with Gasteiger partial charge in [0.2, 0.25) is 5.78 Å². The van der Waals surface area contributed by atoms with Crippen molar-refractivity contribution < 1.29 is 19.1 Å². The van der Waals surface area contributed by atoms with Gasteiger partial charge in [-0.25, -0.2) is 0 Å². The Kier molecular flexibility index (Phi) is 6.13. The van der Waals surface area contributed by atoms with Gasteiger partial charge in [-0.15, -0.1) is 0 Å². The monoisotopic (exact) mass is 413 g/mol. The largest absolute Gasteiger partial charge is 0.496 e. The van der Waals surface area contributed by atoms with Crippen LogP contribution < -0.4 is 4.74 Å². The number of aromatic amines is 1. The summed E-state index contributed by atoms with van der Waals surface area (Å²) >= 11 is 0. The van der Waals surface area contributed by atoms with E-state index in [1.54, 1.807) is 7.11 Å². The van der Waals surface area contributed by atoms with Crippen LogP contribution in [-0.2, 0) is 16.0 Å². The number of carbonyl (C=O) groups excluding carboxylic acids is 2. The third-order valence-electron chi connectivity index (χ3n) is 5.20. The van der Waals surface area contributed by atoms with Crippen LogP contribution in [0.2, 0.25) is 0 Å². The van der Waals surface area contributed by atoms with Gasteiger partial charge in [0.25, 0.3) is 0 Å². The molecule has 0 spiro atoms. The molecular weight excluding hydrogens is 390 g/mol. The molecule has 0 amide bonds. The topological polar surface area (TPSA) is 68.4 Å². The van der Waals surface area contributed by atoms with Crippen molar-refractivity contribution in [3.05, 3.63) is 90.0 Å². The highest BCUT2D eigenvalue weighted by atomic mass is 16.5. The normalized spacial score (nSPS) is 10.7. The molecule has 1 N–H and O–H groups in total. The summed E-state index contributed by atoms with van der Waals surface area (Å²) < 4.78 is 10.6. The van der Waals surface area contributed by atoms with E-state index < -0.39 is 5.97 Å². The predicted molar refractivity (Wildman–Crippen MR) is 120 cm³/mol. The van der Waals surface area contributed by atoms with Crippen molar-refractivity contribution in [2.75, 3.05) is 13.7 Å². The lowest BCUT2D eigenvalue weighted by molar-refractivity contribution is -0.142. The standard InChI is InChI=1S/C26H23NO4/c1-30-23-14-8-5-9-18(23)15-16-24(29)31-17-22(28)25-20-12-6-7-13-21(20)27-26(25)19-10-3-2-4-11-19/h2-14,27H,15-17H2,1H3. The maximum Gasteiger partial charge on any atom is 0.306 e. The molecule has 0 aliphatic rings. The zero-order valence-corrected chi connectivity index (χ0v) is 17.3. The van der Waals surface area contributed by atoms with Gasteiger partial charge in [-0.1, -0.05) is 66.7 Å². The van der Waals surface area contributed by atoms with Crippen LogP contribution in [0.25, 0.3) is 22.2 Å². The molecular formula is C26H23NO4. The first-order valence-corrected chi connectivity index (χ1v) is 10.1. The van der Waals surface area contributed by atoms with E-state index in [2.05, 4.69) is 4.98 Å². The number of aryl methyl sites for hydroxylation is 1. The molecule has 0 bridgehead atoms. The van der Waals surface area contributed by atoms with Gasteiger partial charge in [-0.2, -0.15) is 0 Å². The molecule has 1 aromatic heterocycles. The summed E-state index contributed by atoms with van der Waals surface area (Å²) in [6.07, 6.45) is 0.659. The minimum Gasteiger partial charge on any atom is -0.496 e. The third-order valence-corrected chi connectivity index (χ3v) is 5.20. The maximum absolute atomic E-state index is 13.1. The number of nitrogens with one attached hydrogen (secondary N) is 1. The maximum atomic E-state index is 13.1. The predicted octanol–water partition coefficient (Wildman–Crippen LogP) is 5.20. The minimum atomic E-state index is -0.416. The molecule has 0 atom stereocenters. The van der Waals surface area contributed by atoms with E-state index in [1.807, 2.05) is 78.9 Å². The Balaban J connectivity index is 1.48. The lowest BCUT2D eigenvalue weighted by Gasteiger charge is -2.09. The van der Waals surface area contributed by atoms with Crippen molar-refractivity contribution in [1.82, 2.24) is 4.98 Å². The van der Waals surface area contributed by atoms with E-state index >= 15 is 0 Å². The fraction of sp³-hybridized carbons (Fsp3) is 0.154. The summed E-state index contributed by atoms with van der Waals surface area (Å²) in [4.78, 5) is 28.7. The number of hydrogen-bond donors (Lipinski definition) is 1. The van der Waals surface area contributed by atoms with Crippen molar-refractivity contribution in [1.29, 1.82) is 0 Å². The molecule has 5 heteroatoms. The van der Waals surface area contributed by atoms with Crippen LogP contribution in [0.15, 0.2) is 78.9 Å². The highest BCUT2D eigenvalue weighted by Gasteiger charge is 2.20. The highest BCUT2D eigenvalue weighted by Crippen LogP contribution is 2.30. The number of carbonyl (C=O) groups is 2. The van der Waals surface area contributed by atoms with Gasteiger partial charge in [0.15, 0.2) is 6.61 Å². The zero-order chi connectivity index (χ0) is 21.6. The lowest BCUT2D eigenvalue weighted by atomic mass is 10.0. The Hall–Kier alpha value is -3.86. The molecule has 0 radical (unpaired) electrons. The second kappa shape index (κ2) is 9.30. The molecule has 0 saturated carbocycles. The molecule has 156 valence electrons. The number of esters is 1. The van der Waals surface area contributed by atoms with Crippen LogP contribution >= 0.6 is 0 Å². The Morgan fingerprint density at radius 2 is 1.58 bits per heavy atom. The molecule has 1 heterocycles. The number of para-hydroxylation sites is 2. The van der Waals surface area contributed by atoms with Crippen LogP contribution in [0.4, 0.5) is 0 Å². The lowest BCUT2D eigenvalue weighted by Crippen LogP contribution is -2.15. The number of methoxy groups -OCH3 is 1. The van der Waals surface area contributed by atoms with E-state index in [4.69, 9.17) is 9.47 Å². The fourth-order valence-corrected chi connectivity index (χ4v) is 3.69. The zero-order valence-electron chi connectivity index (χ0n) is 17.3. The molecule has 0 unspecified atom stereocenters. The summed E-state index contributed by atoms with van der Waals surface area (Å²) in [5.41, 5.74) is 3.98. The molecule has 31 heavy (non-hydrogen) atoms. The van der Waals surface area contributed by atoms with Crippen molar-refractivity contribution in [2.45, 2.75) is 12.8 Å². The average Bonchev–Trinajstić information content (AvgIpc) is 3.21. The van der Waals surface area contributed by atoms with Crippen molar-refractivity contribution in [3.63, 3.8) is 0 Å². The molecule has 3 aromatic carbocycles. The third kappa shape index (κ3) is 4.51. The number of rotatable bonds is 8. The van der Waals surface area contributed by atoms with E-state index in [0.717, 1.165) is 33.5 Å². The van der Waals surface area contributed by atoms with Crippen LogP contribution in [0, 0.1) is 0 Å². The number of benzene rings is 3. The van der Waals surface area contributed by atoms with Gasteiger partial charge in [-0.3, -0.25) is 9.59 Å². The quantitative estimate of drug-likeness (QED) is 0.318. The van der Waals surface area contributed by atoms with Gasteiger partial charge in [-0.05, 0) is 29.7 Å². The smallest absolute Gasteiger partial charge is 0.306 e. The number of ketones is 1. The van der Waals surface area contributed by atoms with Crippen molar-refractivity contribution >= 4 is 22.7 Å². The molecule has 0 saturated heterocycles. The molecule has 0 fully saturated rings. The average molecular weight is 413 g/mol. The Morgan fingerprint density at radius 3 is 2.39 bits per heavy atom. The summed E-state index contributed by atoms with van der Waals surface area (Å²) in [6.45, 7) is -0.299. The number of H-pyrrole nitrogens is 1. The number of ether oxygens (including phenoxy) is 2. The van der Waals surface area contributed by atoms with Crippen LogP contribution in [0.3, 0.4) is 0 Å². The second-order valence-corrected chi connectivity index (χ2v) is 7.18. The molecule has 0 aliphatic carbocycles. The number of fused-ring (bicyclic) bond motifs is 1. The SMILES string of the molecule is COc1ccccc1CCC(=O)OCC(=O)c1c(-c2ccccc2)[nH]c2ccccc12. The van der Waals surface area contributed by atoms with Crippen molar-refractivity contribution in [3.8, 4) is 17.0 Å². The van der Waals surface area contributed by atoms with Gasteiger partial charge in [0.05, 0.1) is 18.4 Å². The number of Topliss-reactive ketones (excluding diaryl/α,β-unsaturated/α-hetero) is 1. The number of hydrogen-bond acceptors (Lipinski definition) is 4. The Morgan fingerprint density at radius 1 is 0.871 bits per heavy atom. The number of aromatic nitrogens is 1. The first-order valence-electron chi connectivity index (χ1n) is 10.1. The molecule has 0 aliphatic heterocycles. The first kappa shape index (κ1) is 20.4. The van der Waals surface area contributed by atoms with Crippen molar-refractivity contribution in [2.24, 2.45) is 0 Å². The minimum absolute atomic E-state index is 0.174. The van der Waals surface area contributed by atoms with E-state index in [-0.39, 0.29) is 18.8 Å². The molecule has 4 aromatic rings. The fourth-order valence-electron chi connectivity index (χ4n) is 3.69. The second-order valence-electron chi connectivity index (χ2n) is 7.18. The summed E-state index contributed by atoms with van der Waals surface area (Å²) in [5.74, 6) is 0.0833. The highest BCUT2D eigenvalue weighted by molar-refractivity contribution is 6.14. The van der Waals surface area contributed by atoms with E-state index in [9.17, 15) is 9.59 Å². The molecule has 4 rings (SSSR count). The van der Waals surface area contributed by atoms with Gasteiger partial charge < -0.3 is 14.5 Å². The summed E-state index contributed by atoms with van der Waals surface area (Å²) in [5, 5.41) is 0.816. The van der Waals surface area contributed by atoms with Gasteiger partial charge in [0.1, 0.15) is 5.75 Å². The van der Waals surface area contributed by atoms with E-state index in [1.165, 1.54) is 0 Å². The van der Waals surface area contributed by atoms with Crippen LogP contribution in [0.5, 0.6) is 5.75 Å². The molecule has 5 nitrogen and oxygen atoms in total. The van der Waals surface area contributed by atoms with E-state index in [0.29, 0.717) is 12.0 Å². The Labute approximate surface area is 180 Å². The van der Waals surface area contributed by atoms with Crippen LogP contribution in [-0.4, -0.2) is 30.5 Å². The summed E-state index contributed by atoms with van der Waals surface area (Å²) in [7, 11) is 1.60. The first-order chi connectivity index (χ1) is 15.2. The summed E-state index contributed by atoms with van der Waals surface area (Å²) in [6, 6.07) is 24.8. The Bertz CT molecular complexity index is 1210. The van der Waals surface area contributed by atoms with Gasteiger partial charge in [0, 0.05) is 17.3 Å².